The summed E-state index contributed by atoms with van der Waals surface area (Å²) >= 11 is 18.9. The average molecular weight is 552 g/mol. The molecule has 0 saturated heterocycles. The van der Waals surface area contributed by atoms with Gasteiger partial charge in [0.25, 0.3) is 10.0 Å². The van der Waals surface area contributed by atoms with E-state index in [0.717, 1.165) is 33.7 Å². The van der Waals surface area contributed by atoms with Gasteiger partial charge in [0.15, 0.2) is 5.75 Å². The van der Waals surface area contributed by atoms with E-state index in [2.05, 4.69) is 10.1 Å². The Bertz CT molecular complexity index is 1520. The summed E-state index contributed by atoms with van der Waals surface area (Å²) in [6, 6.07) is 10.3. The van der Waals surface area contributed by atoms with Crippen molar-refractivity contribution >= 4 is 67.2 Å². The van der Waals surface area contributed by atoms with E-state index in [-0.39, 0.29) is 4.90 Å². The van der Waals surface area contributed by atoms with Crippen LogP contribution in [0.3, 0.4) is 0 Å². The molecule has 2 aromatic carbocycles. The highest BCUT2D eigenvalue weighted by Crippen LogP contribution is 2.45. The van der Waals surface area contributed by atoms with Gasteiger partial charge in [-0.15, -0.1) is 11.6 Å². The van der Waals surface area contributed by atoms with E-state index in [1.54, 1.807) is 24.3 Å². The van der Waals surface area contributed by atoms with Crippen LogP contribution in [0.2, 0.25) is 10.0 Å². The molecule has 182 valence electrons. The smallest absolute Gasteiger partial charge is 0.283 e. The molecule has 5 rings (SSSR count). The number of fused-ring (bicyclic) bond motifs is 2. The summed E-state index contributed by atoms with van der Waals surface area (Å²) in [6.07, 6.45) is 4.68. The molecule has 4 aromatic rings. The number of aromatic nitrogens is 3. The first-order chi connectivity index (χ1) is 16.8. The second kappa shape index (κ2) is 9.50. The summed E-state index contributed by atoms with van der Waals surface area (Å²) in [5, 5.41) is 5.68. The number of rotatable bonds is 6. The largest absolute Gasteiger partial charge is 0.489 e. The highest BCUT2D eigenvalue weighted by Gasteiger charge is 2.27. The van der Waals surface area contributed by atoms with Gasteiger partial charge in [-0.2, -0.15) is 17.6 Å². The third-order valence-corrected chi connectivity index (χ3v) is 8.36. The molecule has 0 aliphatic carbocycles. The highest BCUT2D eigenvalue weighted by molar-refractivity contribution is 7.90. The molecular weight excluding hydrogens is 531 g/mol. The molecule has 0 atom stereocenters. The fraction of sp³-hybridized carbons (Fsp3) is 0.250. The molecule has 0 N–H and O–H groups in total. The van der Waals surface area contributed by atoms with Crippen molar-refractivity contribution in [3.05, 3.63) is 70.0 Å². The monoisotopic (exact) mass is 550 g/mol. The Morgan fingerprint density at radius 2 is 1.89 bits per heavy atom. The standard InChI is InChI=1S/C24H21Cl3N4O3S/c1-15-4-6-17(7-5-15)35(32,33)31-21-14-28-22(11-16(21)13-29-31)30-9-2-3-18-20(30)12-19(26)24(23(18)27)34-10-8-25/h4-7,11-14H,2-3,8-10H2,1H3. The Balaban J connectivity index is 1.54. The van der Waals surface area contributed by atoms with Crippen molar-refractivity contribution in [2.75, 3.05) is 23.9 Å². The number of pyridine rings is 1. The molecule has 3 heterocycles. The SMILES string of the molecule is Cc1ccc(S(=O)(=O)n2ncc3cc(N4CCCc5c4cc(Cl)c(OCCCl)c5Cl)ncc32)cc1. The molecule has 1 aliphatic rings. The number of nitrogens with zero attached hydrogens (tertiary/aromatic N) is 4. The van der Waals surface area contributed by atoms with E-state index in [9.17, 15) is 8.42 Å². The van der Waals surface area contributed by atoms with Gasteiger partial charge < -0.3 is 9.64 Å². The fourth-order valence-corrected chi connectivity index (χ4v) is 6.18. The van der Waals surface area contributed by atoms with E-state index in [1.807, 2.05) is 24.0 Å². The van der Waals surface area contributed by atoms with Gasteiger partial charge in [0.05, 0.1) is 33.2 Å². The summed E-state index contributed by atoms with van der Waals surface area (Å²) in [4.78, 5) is 6.77. The summed E-state index contributed by atoms with van der Waals surface area (Å²) in [6.45, 7) is 2.91. The van der Waals surface area contributed by atoms with Gasteiger partial charge >= 0.3 is 0 Å². The summed E-state index contributed by atoms with van der Waals surface area (Å²) in [5.41, 5.74) is 3.13. The van der Waals surface area contributed by atoms with Crippen molar-refractivity contribution < 1.29 is 13.2 Å². The van der Waals surface area contributed by atoms with Crippen LogP contribution in [-0.2, 0) is 16.4 Å². The Morgan fingerprint density at radius 1 is 1.11 bits per heavy atom. The Morgan fingerprint density at radius 3 is 2.63 bits per heavy atom. The van der Waals surface area contributed by atoms with Crippen molar-refractivity contribution in [3.8, 4) is 5.75 Å². The van der Waals surface area contributed by atoms with E-state index in [0.29, 0.717) is 51.5 Å². The van der Waals surface area contributed by atoms with E-state index < -0.39 is 10.0 Å². The van der Waals surface area contributed by atoms with Gasteiger partial charge in [-0.1, -0.05) is 40.9 Å². The van der Waals surface area contributed by atoms with Crippen molar-refractivity contribution in [2.24, 2.45) is 0 Å². The quantitative estimate of drug-likeness (QED) is 0.274. The van der Waals surface area contributed by atoms with Crippen LogP contribution in [-0.4, -0.2) is 41.6 Å². The van der Waals surface area contributed by atoms with Crippen LogP contribution in [0.25, 0.3) is 10.9 Å². The molecule has 0 unspecified atom stereocenters. The molecule has 0 bridgehead atoms. The normalized spacial score (nSPS) is 13.8. The minimum atomic E-state index is -3.86. The topological polar surface area (TPSA) is 77.3 Å². The number of alkyl halides is 1. The lowest BCUT2D eigenvalue weighted by Crippen LogP contribution is -2.25. The van der Waals surface area contributed by atoms with Crippen LogP contribution < -0.4 is 9.64 Å². The first-order valence-corrected chi connectivity index (χ1v) is 13.7. The number of anilines is 2. The third-order valence-electron chi connectivity index (χ3n) is 5.91. The highest BCUT2D eigenvalue weighted by atomic mass is 35.5. The molecule has 0 saturated carbocycles. The van der Waals surface area contributed by atoms with Crippen LogP contribution in [0.15, 0.2) is 53.7 Å². The van der Waals surface area contributed by atoms with Gasteiger partial charge in [0.1, 0.15) is 17.9 Å². The maximum absolute atomic E-state index is 13.2. The first kappa shape index (κ1) is 24.2. The Hall–Kier alpha value is -2.52. The predicted octanol–water partition coefficient (Wildman–Crippen LogP) is 5.99. The minimum Gasteiger partial charge on any atom is -0.489 e. The van der Waals surface area contributed by atoms with Crippen molar-refractivity contribution in [3.63, 3.8) is 0 Å². The van der Waals surface area contributed by atoms with Crippen LogP contribution >= 0.6 is 34.8 Å². The maximum Gasteiger partial charge on any atom is 0.283 e. The van der Waals surface area contributed by atoms with Gasteiger partial charge in [-0.25, -0.2) is 4.98 Å². The lowest BCUT2D eigenvalue weighted by molar-refractivity contribution is 0.343. The number of aryl methyl sites for hydroxylation is 1. The minimum absolute atomic E-state index is 0.165. The van der Waals surface area contributed by atoms with Crippen molar-refractivity contribution in [1.82, 2.24) is 14.2 Å². The number of hydrogen-bond donors (Lipinski definition) is 0. The van der Waals surface area contributed by atoms with E-state index in [4.69, 9.17) is 39.5 Å². The zero-order chi connectivity index (χ0) is 24.7. The zero-order valence-electron chi connectivity index (χ0n) is 18.7. The Kier molecular flexibility index (Phi) is 6.57. The lowest BCUT2D eigenvalue weighted by Gasteiger charge is -2.32. The van der Waals surface area contributed by atoms with Gasteiger partial charge in [-0.05, 0) is 49.6 Å². The summed E-state index contributed by atoms with van der Waals surface area (Å²) in [7, 11) is -3.86. The van der Waals surface area contributed by atoms with Crippen molar-refractivity contribution in [1.29, 1.82) is 0 Å². The molecule has 0 radical (unpaired) electrons. The summed E-state index contributed by atoms with van der Waals surface area (Å²) in [5.74, 6) is 1.40. The van der Waals surface area contributed by atoms with Crippen molar-refractivity contribution in [2.45, 2.75) is 24.7 Å². The molecule has 7 nitrogen and oxygen atoms in total. The second-order valence-electron chi connectivity index (χ2n) is 8.20. The molecule has 11 heteroatoms. The van der Waals surface area contributed by atoms with Crippen LogP contribution in [0.5, 0.6) is 5.75 Å². The second-order valence-corrected chi connectivity index (χ2v) is 11.1. The molecule has 2 aromatic heterocycles. The maximum atomic E-state index is 13.2. The first-order valence-electron chi connectivity index (χ1n) is 10.9. The van der Waals surface area contributed by atoms with Crippen LogP contribution in [0.1, 0.15) is 17.5 Å². The molecular formula is C24H21Cl3N4O3S. The molecule has 0 amide bonds. The van der Waals surface area contributed by atoms with Gasteiger partial charge in [-0.3, -0.25) is 0 Å². The predicted molar refractivity (Wildman–Crippen MR) is 139 cm³/mol. The van der Waals surface area contributed by atoms with Gasteiger partial charge in [0, 0.05) is 17.6 Å². The van der Waals surface area contributed by atoms with Crippen LogP contribution in [0, 0.1) is 6.92 Å². The van der Waals surface area contributed by atoms with E-state index >= 15 is 0 Å². The lowest BCUT2D eigenvalue weighted by atomic mass is 10.0. The summed E-state index contributed by atoms with van der Waals surface area (Å²) < 4.78 is 33.0. The Labute approximate surface area is 218 Å². The molecule has 1 aliphatic heterocycles. The number of halogens is 3. The molecule has 0 spiro atoms. The molecule has 0 fully saturated rings. The average Bonchev–Trinajstić information content (AvgIpc) is 3.28. The van der Waals surface area contributed by atoms with Gasteiger partial charge in [0.2, 0.25) is 0 Å². The number of benzene rings is 2. The zero-order valence-corrected chi connectivity index (χ0v) is 21.8. The van der Waals surface area contributed by atoms with Crippen LogP contribution in [0.4, 0.5) is 11.5 Å². The number of hydrogen-bond acceptors (Lipinski definition) is 6. The fourth-order valence-electron chi connectivity index (χ4n) is 4.19. The molecule has 35 heavy (non-hydrogen) atoms. The van der Waals surface area contributed by atoms with E-state index in [1.165, 1.54) is 12.4 Å². The third kappa shape index (κ3) is 4.33. The number of ether oxygens (including phenoxy) is 1.